The minimum Gasteiger partial charge on any atom is -0.274 e. The van der Waals surface area contributed by atoms with Gasteiger partial charge in [0.05, 0.1) is 18.4 Å². The molecule has 0 aliphatic rings. The molecule has 1 heterocycles. The molecule has 1 amide bonds. The number of hydroxylamine groups is 2. The molecule has 0 saturated carbocycles. The van der Waals surface area contributed by atoms with Crippen molar-refractivity contribution in [3.8, 4) is 5.69 Å². The summed E-state index contributed by atoms with van der Waals surface area (Å²) in [7, 11) is 2.77. The molecule has 1 aromatic carbocycles. The summed E-state index contributed by atoms with van der Waals surface area (Å²) >= 11 is 0. The number of rotatable bonds is 3. The number of aromatic nitrogens is 2. The zero-order chi connectivity index (χ0) is 15.6. The van der Waals surface area contributed by atoms with Gasteiger partial charge >= 0.3 is 6.18 Å². The fraction of sp³-hybridized carbons (Fsp3) is 0.231. The first kappa shape index (κ1) is 15.0. The lowest BCUT2D eigenvalue weighted by atomic mass is 10.2. The quantitative estimate of drug-likeness (QED) is 0.818. The SMILES string of the molecule is CON(C)C(=O)c1ccn(-c2ccc(C(F)(F)F)cc2)n1. The molecule has 112 valence electrons. The minimum absolute atomic E-state index is 0.124. The van der Waals surface area contributed by atoms with Gasteiger partial charge in [0.25, 0.3) is 5.91 Å². The number of alkyl halides is 3. The molecule has 5 nitrogen and oxygen atoms in total. The van der Waals surface area contributed by atoms with E-state index in [2.05, 4.69) is 5.10 Å². The van der Waals surface area contributed by atoms with Crippen molar-refractivity contribution in [1.29, 1.82) is 0 Å². The summed E-state index contributed by atoms with van der Waals surface area (Å²) in [5.74, 6) is -0.455. The van der Waals surface area contributed by atoms with Crippen LogP contribution in [0, 0.1) is 0 Å². The highest BCUT2D eigenvalue weighted by Crippen LogP contribution is 2.29. The second-order valence-corrected chi connectivity index (χ2v) is 4.18. The number of amides is 1. The highest BCUT2D eigenvalue weighted by Gasteiger charge is 2.30. The van der Waals surface area contributed by atoms with Gasteiger partial charge in [0.15, 0.2) is 5.69 Å². The molecule has 0 radical (unpaired) electrons. The number of hydrogen-bond donors (Lipinski definition) is 0. The van der Waals surface area contributed by atoms with Gasteiger partial charge in [-0.05, 0) is 30.3 Å². The lowest BCUT2D eigenvalue weighted by Gasteiger charge is -2.11. The second kappa shape index (κ2) is 5.57. The van der Waals surface area contributed by atoms with E-state index >= 15 is 0 Å². The molecule has 0 N–H and O–H groups in total. The van der Waals surface area contributed by atoms with E-state index < -0.39 is 17.6 Å². The van der Waals surface area contributed by atoms with Crippen LogP contribution >= 0.6 is 0 Å². The molecule has 0 unspecified atom stereocenters. The number of nitrogens with zero attached hydrogens (tertiary/aromatic N) is 3. The summed E-state index contributed by atoms with van der Waals surface area (Å²) in [6.45, 7) is 0. The van der Waals surface area contributed by atoms with E-state index in [1.807, 2.05) is 0 Å². The molecule has 0 atom stereocenters. The smallest absolute Gasteiger partial charge is 0.274 e. The highest BCUT2D eigenvalue weighted by molar-refractivity contribution is 5.91. The summed E-state index contributed by atoms with van der Waals surface area (Å²) in [5, 5.41) is 5.00. The van der Waals surface area contributed by atoms with E-state index in [0.717, 1.165) is 17.2 Å². The average molecular weight is 299 g/mol. The van der Waals surface area contributed by atoms with Crippen molar-refractivity contribution in [2.45, 2.75) is 6.18 Å². The van der Waals surface area contributed by atoms with Crippen molar-refractivity contribution in [1.82, 2.24) is 14.8 Å². The third kappa shape index (κ3) is 3.22. The minimum atomic E-state index is -4.38. The first-order valence-corrected chi connectivity index (χ1v) is 5.88. The summed E-state index contributed by atoms with van der Waals surface area (Å²) < 4.78 is 38.7. The fourth-order valence-corrected chi connectivity index (χ4v) is 1.63. The van der Waals surface area contributed by atoms with E-state index in [1.165, 1.54) is 43.2 Å². The molecule has 0 aliphatic carbocycles. The van der Waals surface area contributed by atoms with E-state index in [4.69, 9.17) is 4.84 Å². The Morgan fingerprint density at radius 2 is 1.86 bits per heavy atom. The first-order chi connectivity index (χ1) is 9.82. The third-order valence-corrected chi connectivity index (χ3v) is 2.83. The lowest BCUT2D eigenvalue weighted by Crippen LogP contribution is -2.25. The highest BCUT2D eigenvalue weighted by atomic mass is 19.4. The summed E-state index contributed by atoms with van der Waals surface area (Å²) in [6, 6.07) is 5.93. The third-order valence-electron chi connectivity index (χ3n) is 2.83. The molecule has 2 aromatic rings. The normalized spacial score (nSPS) is 11.5. The van der Waals surface area contributed by atoms with Crippen molar-refractivity contribution >= 4 is 5.91 Å². The zero-order valence-electron chi connectivity index (χ0n) is 11.3. The lowest BCUT2D eigenvalue weighted by molar-refractivity contribution is -0.137. The Kier molecular flexibility index (Phi) is 3.99. The van der Waals surface area contributed by atoms with E-state index in [-0.39, 0.29) is 5.69 Å². The van der Waals surface area contributed by atoms with E-state index in [9.17, 15) is 18.0 Å². The largest absolute Gasteiger partial charge is 0.416 e. The van der Waals surface area contributed by atoms with Crippen LogP contribution in [0.1, 0.15) is 16.1 Å². The molecule has 8 heteroatoms. The van der Waals surface area contributed by atoms with E-state index in [0.29, 0.717) is 5.69 Å². The first-order valence-electron chi connectivity index (χ1n) is 5.88. The predicted molar refractivity (Wildman–Crippen MR) is 67.7 cm³/mol. The van der Waals surface area contributed by atoms with Gasteiger partial charge in [-0.3, -0.25) is 9.63 Å². The Morgan fingerprint density at radius 3 is 2.38 bits per heavy atom. The van der Waals surface area contributed by atoms with Crippen molar-refractivity contribution in [3.63, 3.8) is 0 Å². The number of halogens is 3. The van der Waals surface area contributed by atoms with Crippen LogP contribution in [-0.2, 0) is 11.0 Å². The van der Waals surface area contributed by atoms with Crippen molar-refractivity contribution in [3.05, 3.63) is 47.8 Å². The monoisotopic (exact) mass is 299 g/mol. The molecule has 0 bridgehead atoms. The summed E-state index contributed by atoms with van der Waals surface area (Å²) in [5.41, 5.74) is -0.199. The molecule has 1 aromatic heterocycles. The van der Waals surface area contributed by atoms with Gasteiger partial charge in [-0.2, -0.15) is 18.3 Å². The van der Waals surface area contributed by atoms with Gasteiger partial charge in [0.1, 0.15) is 0 Å². The number of hydrogen-bond acceptors (Lipinski definition) is 3. The molecule has 21 heavy (non-hydrogen) atoms. The Hall–Kier alpha value is -2.35. The maximum atomic E-state index is 12.5. The molecule has 0 spiro atoms. The van der Waals surface area contributed by atoms with Crippen molar-refractivity contribution < 1.29 is 22.8 Å². The molecule has 0 fully saturated rings. The van der Waals surface area contributed by atoms with Crippen LogP contribution in [0.15, 0.2) is 36.5 Å². The number of carbonyl (C=O) groups excluding carboxylic acids is 1. The van der Waals surface area contributed by atoms with Gasteiger partial charge in [-0.15, -0.1) is 0 Å². The van der Waals surface area contributed by atoms with Gasteiger partial charge in [0.2, 0.25) is 0 Å². The van der Waals surface area contributed by atoms with Gasteiger partial charge in [0, 0.05) is 13.2 Å². The van der Waals surface area contributed by atoms with Crippen LogP contribution in [0.5, 0.6) is 0 Å². The Morgan fingerprint density at radius 1 is 1.24 bits per heavy atom. The van der Waals surface area contributed by atoms with Crippen molar-refractivity contribution in [2.75, 3.05) is 14.2 Å². The Labute approximate surface area is 118 Å². The molecular formula is C13H12F3N3O2. The fourth-order valence-electron chi connectivity index (χ4n) is 1.63. The molecule has 0 saturated heterocycles. The van der Waals surface area contributed by atoms with Crippen LogP contribution in [0.2, 0.25) is 0 Å². The van der Waals surface area contributed by atoms with E-state index in [1.54, 1.807) is 0 Å². The maximum Gasteiger partial charge on any atom is 0.416 e. The molecule has 0 aliphatic heterocycles. The zero-order valence-corrected chi connectivity index (χ0v) is 11.3. The Bertz CT molecular complexity index is 635. The maximum absolute atomic E-state index is 12.5. The Balaban J connectivity index is 2.24. The van der Waals surface area contributed by atoms with Crippen LogP contribution in [0.3, 0.4) is 0 Å². The topological polar surface area (TPSA) is 47.4 Å². The number of carbonyl (C=O) groups is 1. The van der Waals surface area contributed by atoms with Crippen molar-refractivity contribution in [2.24, 2.45) is 0 Å². The van der Waals surface area contributed by atoms with Crippen LogP contribution < -0.4 is 0 Å². The molecular weight excluding hydrogens is 287 g/mol. The van der Waals surface area contributed by atoms with Crippen LogP contribution in [0.25, 0.3) is 5.69 Å². The summed E-state index contributed by atoms with van der Waals surface area (Å²) in [6.07, 6.45) is -2.90. The van der Waals surface area contributed by atoms with Gasteiger partial charge in [-0.25, -0.2) is 9.75 Å². The van der Waals surface area contributed by atoms with Gasteiger partial charge in [-0.1, -0.05) is 0 Å². The summed E-state index contributed by atoms with van der Waals surface area (Å²) in [4.78, 5) is 16.5. The standard InChI is InChI=1S/C13H12F3N3O2/c1-18(21-2)12(20)11-7-8-19(17-11)10-5-3-9(4-6-10)13(14,15)16/h3-8H,1-2H3. The predicted octanol–water partition coefficient (Wildman–Crippen LogP) is 2.52. The van der Waals surface area contributed by atoms with Crippen LogP contribution in [0.4, 0.5) is 13.2 Å². The van der Waals surface area contributed by atoms with Gasteiger partial charge < -0.3 is 0 Å². The average Bonchev–Trinajstić information content (AvgIpc) is 2.94. The van der Waals surface area contributed by atoms with Crippen LogP contribution in [-0.4, -0.2) is 34.9 Å². The molecule has 2 rings (SSSR count). The second-order valence-electron chi connectivity index (χ2n) is 4.18. The number of benzene rings is 1.